The summed E-state index contributed by atoms with van der Waals surface area (Å²) in [5.41, 5.74) is -0.126. The van der Waals surface area contributed by atoms with Crippen LogP contribution in [0.1, 0.15) is 21.4 Å². The standard InChI is InChI=1S/C16H17ClFN3O2S/c17-11-2-1-3-12(18)14(11)15(22)20-10-13(16-19-4-9-24-16)21-5-7-23-8-6-21/h1-4,9,13H,5-8,10H2,(H,20,22). The molecule has 0 spiro atoms. The molecule has 1 aliphatic rings. The third-order valence-electron chi connectivity index (χ3n) is 3.87. The molecule has 128 valence electrons. The first kappa shape index (κ1) is 17.3. The van der Waals surface area contributed by atoms with Crippen LogP contribution in [0.5, 0.6) is 0 Å². The Bertz CT molecular complexity index is 672. The highest BCUT2D eigenvalue weighted by Gasteiger charge is 2.26. The number of hydrogen-bond donors (Lipinski definition) is 1. The summed E-state index contributed by atoms with van der Waals surface area (Å²) in [7, 11) is 0. The molecule has 1 fully saturated rings. The lowest BCUT2D eigenvalue weighted by atomic mass is 10.1. The lowest BCUT2D eigenvalue weighted by Crippen LogP contribution is -2.43. The number of amides is 1. The van der Waals surface area contributed by atoms with Crippen molar-refractivity contribution in [3.05, 3.63) is 51.2 Å². The van der Waals surface area contributed by atoms with E-state index in [0.29, 0.717) is 19.8 Å². The Morgan fingerprint density at radius 3 is 2.92 bits per heavy atom. The SMILES string of the molecule is O=C(NCC(c1nccs1)N1CCOCC1)c1c(F)cccc1Cl. The Labute approximate surface area is 148 Å². The Balaban J connectivity index is 1.72. The second-order valence-electron chi connectivity index (χ2n) is 5.34. The van der Waals surface area contributed by atoms with Crippen molar-refractivity contribution in [1.82, 2.24) is 15.2 Å². The normalized spacial score (nSPS) is 16.8. The fourth-order valence-corrected chi connectivity index (χ4v) is 3.67. The van der Waals surface area contributed by atoms with Crippen LogP contribution in [0.25, 0.3) is 0 Å². The number of nitrogens with one attached hydrogen (secondary N) is 1. The van der Waals surface area contributed by atoms with Crippen LogP contribution in [-0.4, -0.2) is 48.6 Å². The van der Waals surface area contributed by atoms with Crippen molar-refractivity contribution in [2.75, 3.05) is 32.8 Å². The lowest BCUT2D eigenvalue weighted by Gasteiger charge is -2.33. The van der Waals surface area contributed by atoms with Crippen molar-refractivity contribution < 1.29 is 13.9 Å². The van der Waals surface area contributed by atoms with Gasteiger partial charge in [-0.15, -0.1) is 11.3 Å². The van der Waals surface area contributed by atoms with Crippen LogP contribution >= 0.6 is 22.9 Å². The van der Waals surface area contributed by atoms with Gasteiger partial charge in [-0.05, 0) is 12.1 Å². The van der Waals surface area contributed by atoms with Crippen LogP contribution in [0.3, 0.4) is 0 Å². The molecular weight excluding hydrogens is 353 g/mol. The molecule has 1 saturated heterocycles. The summed E-state index contributed by atoms with van der Waals surface area (Å²) in [6, 6.07) is 4.13. The van der Waals surface area contributed by atoms with Crippen LogP contribution in [0.15, 0.2) is 29.8 Å². The fraction of sp³-hybridized carbons (Fsp3) is 0.375. The molecule has 24 heavy (non-hydrogen) atoms. The van der Waals surface area contributed by atoms with E-state index in [1.807, 2.05) is 5.38 Å². The van der Waals surface area contributed by atoms with Gasteiger partial charge in [0.05, 0.1) is 29.8 Å². The molecule has 0 bridgehead atoms. The maximum atomic E-state index is 13.9. The van der Waals surface area contributed by atoms with Gasteiger partial charge >= 0.3 is 0 Å². The number of morpholine rings is 1. The number of rotatable bonds is 5. The summed E-state index contributed by atoms with van der Waals surface area (Å²) in [6.45, 7) is 3.15. The quantitative estimate of drug-likeness (QED) is 0.880. The predicted octanol–water partition coefficient (Wildman–Crippen LogP) is 2.74. The second-order valence-corrected chi connectivity index (χ2v) is 6.67. The molecule has 1 aromatic heterocycles. The zero-order chi connectivity index (χ0) is 16.9. The first-order valence-corrected chi connectivity index (χ1v) is 8.86. The first-order chi connectivity index (χ1) is 11.7. The van der Waals surface area contributed by atoms with Crippen LogP contribution < -0.4 is 5.32 Å². The summed E-state index contributed by atoms with van der Waals surface area (Å²) < 4.78 is 19.3. The number of benzene rings is 1. The molecule has 1 aliphatic heterocycles. The number of aromatic nitrogens is 1. The van der Waals surface area contributed by atoms with E-state index in [1.54, 1.807) is 6.20 Å². The average Bonchev–Trinajstić information content (AvgIpc) is 3.10. The molecule has 0 radical (unpaired) electrons. The van der Waals surface area contributed by atoms with Crippen LogP contribution in [0.4, 0.5) is 4.39 Å². The van der Waals surface area contributed by atoms with E-state index in [-0.39, 0.29) is 16.6 Å². The molecule has 8 heteroatoms. The van der Waals surface area contributed by atoms with Crippen molar-refractivity contribution in [2.45, 2.75) is 6.04 Å². The van der Waals surface area contributed by atoms with Gasteiger partial charge in [-0.2, -0.15) is 0 Å². The highest BCUT2D eigenvalue weighted by molar-refractivity contribution is 7.09. The number of ether oxygens (including phenoxy) is 1. The third-order valence-corrected chi connectivity index (χ3v) is 5.06. The van der Waals surface area contributed by atoms with Gasteiger partial charge in [-0.25, -0.2) is 9.37 Å². The summed E-state index contributed by atoms with van der Waals surface area (Å²) in [5.74, 6) is -1.15. The highest BCUT2D eigenvalue weighted by Crippen LogP contribution is 2.24. The molecule has 3 rings (SSSR count). The summed E-state index contributed by atoms with van der Waals surface area (Å²) in [6.07, 6.45) is 1.74. The van der Waals surface area contributed by atoms with Crippen molar-refractivity contribution >= 4 is 28.8 Å². The summed E-state index contributed by atoms with van der Waals surface area (Å²) in [4.78, 5) is 18.9. The summed E-state index contributed by atoms with van der Waals surface area (Å²) >= 11 is 7.48. The molecular formula is C16H17ClFN3O2S. The molecule has 1 aromatic carbocycles. The van der Waals surface area contributed by atoms with E-state index in [9.17, 15) is 9.18 Å². The Kier molecular flexibility index (Phi) is 5.78. The number of carbonyl (C=O) groups is 1. The zero-order valence-corrected chi connectivity index (χ0v) is 14.4. The van der Waals surface area contributed by atoms with Crippen molar-refractivity contribution in [1.29, 1.82) is 0 Å². The minimum absolute atomic E-state index is 0.0663. The smallest absolute Gasteiger partial charge is 0.255 e. The van der Waals surface area contributed by atoms with Gasteiger partial charge in [0.2, 0.25) is 0 Å². The second kappa shape index (κ2) is 8.02. The van der Waals surface area contributed by atoms with Crippen molar-refractivity contribution in [3.8, 4) is 0 Å². The molecule has 0 saturated carbocycles. The van der Waals surface area contributed by atoms with E-state index >= 15 is 0 Å². The molecule has 2 heterocycles. The fourth-order valence-electron chi connectivity index (χ4n) is 2.65. The molecule has 1 N–H and O–H groups in total. The van der Waals surface area contributed by atoms with Gasteiger partial charge in [0.1, 0.15) is 10.8 Å². The van der Waals surface area contributed by atoms with Crippen LogP contribution in [0.2, 0.25) is 5.02 Å². The van der Waals surface area contributed by atoms with Gasteiger partial charge in [0, 0.05) is 31.2 Å². The molecule has 0 aliphatic carbocycles. The van der Waals surface area contributed by atoms with Gasteiger partial charge in [-0.1, -0.05) is 17.7 Å². The van der Waals surface area contributed by atoms with E-state index in [2.05, 4.69) is 15.2 Å². The average molecular weight is 370 g/mol. The molecule has 1 unspecified atom stereocenters. The Morgan fingerprint density at radius 1 is 1.46 bits per heavy atom. The monoisotopic (exact) mass is 369 g/mol. The molecule has 1 amide bonds. The maximum absolute atomic E-state index is 13.9. The van der Waals surface area contributed by atoms with Gasteiger partial charge < -0.3 is 10.1 Å². The largest absolute Gasteiger partial charge is 0.379 e. The van der Waals surface area contributed by atoms with Crippen LogP contribution in [-0.2, 0) is 4.74 Å². The molecule has 5 nitrogen and oxygen atoms in total. The minimum atomic E-state index is -0.628. The Morgan fingerprint density at radius 2 is 2.25 bits per heavy atom. The minimum Gasteiger partial charge on any atom is -0.379 e. The molecule has 2 aromatic rings. The van der Waals surface area contributed by atoms with Gasteiger partial charge in [-0.3, -0.25) is 9.69 Å². The highest BCUT2D eigenvalue weighted by atomic mass is 35.5. The van der Waals surface area contributed by atoms with Gasteiger partial charge in [0.25, 0.3) is 5.91 Å². The number of nitrogens with zero attached hydrogens (tertiary/aromatic N) is 2. The van der Waals surface area contributed by atoms with Crippen LogP contribution in [0, 0.1) is 5.82 Å². The Hall–Kier alpha value is -1.54. The number of carbonyl (C=O) groups excluding carboxylic acids is 1. The number of thiazole rings is 1. The zero-order valence-electron chi connectivity index (χ0n) is 12.9. The third kappa shape index (κ3) is 3.92. The predicted molar refractivity (Wildman–Crippen MR) is 91.0 cm³/mol. The number of hydrogen-bond acceptors (Lipinski definition) is 5. The van der Waals surface area contributed by atoms with Crippen molar-refractivity contribution in [3.63, 3.8) is 0 Å². The van der Waals surface area contributed by atoms with E-state index in [1.165, 1.54) is 29.5 Å². The van der Waals surface area contributed by atoms with E-state index in [4.69, 9.17) is 16.3 Å². The first-order valence-electron chi connectivity index (χ1n) is 7.60. The molecule has 1 atom stereocenters. The lowest BCUT2D eigenvalue weighted by molar-refractivity contribution is 0.0162. The number of halogens is 2. The van der Waals surface area contributed by atoms with Gasteiger partial charge in [0.15, 0.2) is 0 Å². The summed E-state index contributed by atoms with van der Waals surface area (Å²) in [5, 5.41) is 5.70. The van der Waals surface area contributed by atoms with E-state index in [0.717, 1.165) is 18.1 Å². The van der Waals surface area contributed by atoms with Crippen molar-refractivity contribution in [2.24, 2.45) is 0 Å². The maximum Gasteiger partial charge on any atom is 0.255 e. The topological polar surface area (TPSA) is 54.5 Å². The van der Waals surface area contributed by atoms with E-state index < -0.39 is 11.7 Å².